The van der Waals surface area contributed by atoms with Crippen molar-refractivity contribution in [3.05, 3.63) is 30.1 Å². The van der Waals surface area contributed by atoms with Crippen molar-refractivity contribution in [2.45, 2.75) is 39.3 Å². The minimum absolute atomic E-state index is 0.0329. The van der Waals surface area contributed by atoms with Crippen LogP contribution in [0.4, 0.5) is 0 Å². The molecule has 0 bridgehead atoms. The van der Waals surface area contributed by atoms with Gasteiger partial charge in [-0.05, 0) is 32.4 Å². The molecule has 1 unspecified atom stereocenters. The van der Waals surface area contributed by atoms with E-state index < -0.39 is 0 Å². The molecule has 0 saturated carbocycles. The Bertz CT molecular complexity index is 341. The molecule has 0 radical (unpaired) electrons. The molecule has 2 atom stereocenters. The van der Waals surface area contributed by atoms with E-state index in [0.717, 1.165) is 5.69 Å². The van der Waals surface area contributed by atoms with E-state index in [1.165, 1.54) is 0 Å². The van der Waals surface area contributed by atoms with Crippen molar-refractivity contribution in [1.82, 2.24) is 10.3 Å². The molecule has 4 heteroatoms. The van der Waals surface area contributed by atoms with Crippen LogP contribution in [-0.4, -0.2) is 23.6 Å². The average Bonchev–Trinajstić information content (AvgIpc) is 2.37. The van der Waals surface area contributed by atoms with Crippen LogP contribution in [0.2, 0.25) is 0 Å². The first-order chi connectivity index (χ1) is 8.19. The highest BCUT2D eigenvalue weighted by Crippen LogP contribution is 2.10. The zero-order valence-electron chi connectivity index (χ0n) is 10.6. The van der Waals surface area contributed by atoms with Gasteiger partial charge in [0.1, 0.15) is 6.04 Å². The molecule has 0 aromatic carbocycles. The van der Waals surface area contributed by atoms with E-state index >= 15 is 0 Å². The van der Waals surface area contributed by atoms with Gasteiger partial charge in [-0.3, -0.25) is 15.1 Å². The van der Waals surface area contributed by atoms with Crippen molar-refractivity contribution < 1.29 is 9.53 Å². The van der Waals surface area contributed by atoms with Gasteiger partial charge in [0.25, 0.3) is 0 Å². The van der Waals surface area contributed by atoms with Crippen LogP contribution in [0.15, 0.2) is 24.4 Å². The number of aromatic nitrogens is 1. The summed E-state index contributed by atoms with van der Waals surface area (Å²) in [6.45, 7) is 6.17. The van der Waals surface area contributed by atoms with Gasteiger partial charge in [-0.15, -0.1) is 0 Å². The number of pyridine rings is 1. The van der Waals surface area contributed by atoms with Crippen molar-refractivity contribution in [2.24, 2.45) is 0 Å². The first kappa shape index (κ1) is 13.6. The fourth-order valence-corrected chi connectivity index (χ4v) is 1.61. The lowest BCUT2D eigenvalue weighted by molar-refractivity contribution is -0.146. The van der Waals surface area contributed by atoms with Crippen LogP contribution in [0.25, 0.3) is 0 Å². The highest BCUT2D eigenvalue weighted by molar-refractivity contribution is 5.75. The van der Waals surface area contributed by atoms with Gasteiger partial charge in [-0.25, -0.2) is 0 Å². The zero-order valence-corrected chi connectivity index (χ0v) is 10.6. The Morgan fingerprint density at radius 2 is 2.24 bits per heavy atom. The summed E-state index contributed by atoms with van der Waals surface area (Å²) in [7, 11) is 0. The lowest BCUT2D eigenvalue weighted by Crippen LogP contribution is -2.39. The number of carbonyl (C=O) groups excluding carboxylic acids is 1. The molecule has 0 spiro atoms. The largest absolute Gasteiger partial charge is 0.465 e. The third kappa shape index (κ3) is 4.15. The fraction of sp³-hybridized carbons (Fsp3) is 0.538. The van der Waals surface area contributed by atoms with Crippen LogP contribution >= 0.6 is 0 Å². The summed E-state index contributed by atoms with van der Waals surface area (Å²) in [6.07, 6.45) is 2.45. The van der Waals surface area contributed by atoms with Crippen LogP contribution < -0.4 is 5.32 Å². The maximum Gasteiger partial charge on any atom is 0.323 e. The molecule has 0 fully saturated rings. The molecule has 0 aliphatic rings. The Kier molecular flexibility index (Phi) is 5.63. The molecule has 0 aliphatic carbocycles. The van der Waals surface area contributed by atoms with Crippen LogP contribution in [-0.2, 0) is 9.53 Å². The summed E-state index contributed by atoms with van der Waals surface area (Å²) in [6, 6.07) is 5.51. The minimum atomic E-state index is -0.271. The molecular formula is C13H20N2O2. The summed E-state index contributed by atoms with van der Waals surface area (Å²) < 4.78 is 5.01. The number of nitrogens with one attached hydrogen (secondary N) is 1. The van der Waals surface area contributed by atoms with Gasteiger partial charge in [-0.1, -0.05) is 13.0 Å². The lowest BCUT2D eigenvalue weighted by atomic mass is 10.1. The number of carbonyl (C=O) groups is 1. The van der Waals surface area contributed by atoms with Gasteiger partial charge in [0.15, 0.2) is 0 Å². The Labute approximate surface area is 102 Å². The quantitative estimate of drug-likeness (QED) is 0.768. The van der Waals surface area contributed by atoms with Crippen LogP contribution in [0.5, 0.6) is 0 Å². The second kappa shape index (κ2) is 7.01. The molecule has 0 saturated heterocycles. The Morgan fingerprint density at radius 1 is 1.47 bits per heavy atom. The smallest absolute Gasteiger partial charge is 0.323 e. The van der Waals surface area contributed by atoms with E-state index in [1.54, 1.807) is 6.20 Å². The molecule has 17 heavy (non-hydrogen) atoms. The third-order valence-electron chi connectivity index (χ3n) is 2.56. The van der Waals surface area contributed by atoms with Gasteiger partial charge in [-0.2, -0.15) is 0 Å². The molecule has 1 aromatic heterocycles. The van der Waals surface area contributed by atoms with Gasteiger partial charge in [0.05, 0.1) is 12.3 Å². The predicted octanol–water partition coefficient (Wildman–Crippen LogP) is 2.07. The third-order valence-corrected chi connectivity index (χ3v) is 2.56. The molecule has 1 rings (SSSR count). The average molecular weight is 236 g/mol. The number of hydrogen-bond acceptors (Lipinski definition) is 4. The standard InChI is InChI=1S/C13H20N2O2/c1-4-11(13(16)17-5-2)15-10(3)12-8-6-7-9-14-12/h6-11,15H,4-5H2,1-3H3/t10-,11?/m0/s1. The van der Waals surface area contributed by atoms with Crippen molar-refractivity contribution in [3.8, 4) is 0 Å². The Balaban J connectivity index is 2.59. The molecule has 0 amide bonds. The Morgan fingerprint density at radius 3 is 2.76 bits per heavy atom. The van der Waals surface area contributed by atoms with Gasteiger partial charge >= 0.3 is 5.97 Å². The zero-order chi connectivity index (χ0) is 12.7. The first-order valence-electron chi connectivity index (χ1n) is 6.02. The SMILES string of the molecule is CCOC(=O)C(CC)N[C@@H](C)c1ccccn1. The lowest BCUT2D eigenvalue weighted by Gasteiger charge is -2.20. The van der Waals surface area contributed by atoms with E-state index in [-0.39, 0.29) is 18.1 Å². The van der Waals surface area contributed by atoms with Crippen molar-refractivity contribution >= 4 is 5.97 Å². The first-order valence-corrected chi connectivity index (χ1v) is 6.02. The molecule has 1 N–H and O–H groups in total. The van der Waals surface area contributed by atoms with Crippen molar-refractivity contribution in [3.63, 3.8) is 0 Å². The van der Waals surface area contributed by atoms with Gasteiger partial charge in [0.2, 0.25) is 0 Å². The summed E-state index contributed by atoms with van der Waals surface area (Å²) in [5.41, 5.74) is 0.926. The maximum atomic E-state index is 11.6. The van der Waals surface area contributed by atoms with Crippen LogP contribution in [0, 0.1) is 0 Å². The van der Waals surface area contributed by atoms with Crippen LogP contribution in [0.3, 0.4) is 0 Å². The molecule has 0 aliphatic heterocycles. The van der Waals surface area contributed by atoms with E-state index in [4.69, 9.17) is 4.74 Å². The van der Waals surface area contributed by atoms with Gasteiger partial charge < -0.3 is 4.74 Å². The number of esters is 1. The number of hydrogen-bond donors (Lipinski definition) is 1. The predicted molar refractivity (Wildman–Crippen MR) is 66.5 cm³/mol. The summed E-state index contributed by atoms with van der Waals surface area (Å²) in [5.74, 6) is -0.196. The molecule has 1 heterocycles. The van der Waals surface area contributed by atoms with Crippen molar-refractivity contribution in [1.29, 1.82) is 0 Å². The maximum absolute atomic E-state index is 11.6. The highest BCUT2D eigenvalue weighted by atomic mass is 16.5. The summed E-state index contributed by atoms with van der Waals surface area (Å²) in [4.78, 5) is 15.9. The van der Waals surface area contributed by atoms with E-state index in [0.29, 0.717) is 13.0 Å². The topological polar surface area (TPSA) is 51.2 Å². The second-order valence-corrected chi connectivity index (χ2v) is 3.86. The second-order valence-electron chi connectivity index (χ2n) is 3.86. The monoisotopic (exact) mass is 236 g/mol. The normalized spacial score (nSPS) is 14.1. The Hall–Kier alpha value is -1.42. The number of rotatable bonds is 6. The number of nitrogens with zero attached hydrogens (tertiary/aromatic N) is 1. The molecular weight excluding hydrogens is 216 g/mol. The van der Waals surface area contributed by atoms with Crippen LogP contribution in [0.1, 0.15) is 38.9 Å². The summed E-state index contributed by atoms with van der Waals surface area (Å²) in [5, 5.41) is 3.23. The highest BCUT2D eigenvalue weighted by Gasteiger charge is 2.20. The minimum Gasteiger partial charge on any atom is -0.465 e. The van der Waals surface area contributed by atoms with Gasteiger partial charge in [0, 0.05) is 12.2 Å². The van der Waals surface area contributed by atoms with E-state index in [2.05, 4.69) is 10.3 Å². The van der Waals surface area contributed by atoms with E-state index in [1.807, 2.05) is 39.0 Å². The molecule has 94 valence electrons. The van der Waals surface area contributed by atoms with E-state index in [9.17, 15) is 4.79 Å². The number of ether oxygens (including phenoxy) is 1. The molecule has 4 nitrogen and oxygen atoms in total. The summed E-state index contributed by atoms with van der Waals surface area (Å²) >= 11 is 0. The molecule has 1 aromatic rings. The van der Waals surface area contributed by atoms with Crippen molar-refractivity contribution in [2.75, 3.05) is 6.61 Å². The fourth-order valence-electron chi connectivity index (χ4n) is 1.61.